The van der Waals surface area contributed by atoms with Crippen molar-refractivity contribution in [1.82, 2.24) is 0 Å². The predicted octanol–water partition coefficient (Wildman–Crippen LogP) is 3.02. The predicted molar refractivity (Wildman–Crippen MR) is 74.4 cm³/mol. The highest BCUT2D eigenvalue weighted by atomic mass is 32.2. The molecule has 1 aliphatic heterocycles. The number of nitrogens with zero attached hydrogens (tertiary/aromatic N) is 4. The number of rotatable bonds is 3. The van der Waals surface area contributed by atoms with Crippen molar-refractivity contribution >= 4 is 21.2 Å². The van der Waals surface area contributed by atoms with Gasteiger partial charge in [-0.05, 0) is 43.0 Å². The van der Waals surface area contributed by atoms with Gasteiger partial charge in [-0.2, -0.15) is 0 Å². The van der Waals surface area contributed by atoms with Crippen LogP contribution in [-0.2, 0) is 9.84 Å². The van der Waals surface area contributed by atoms with Crippen LogP contribution in [0.5, 0.6) is 0 Å². The highest BCUT2D eigenvalue weighted by Gasteiger charge is 2.16. The first kappa shape index (κ1) is 13.7. The number of sulfone groups is 1. The summed E-state index contributed by atoms with van der Waals surface area (Å²) in [6.45, 7) is 1.90. The Hall–Kier alpha value is -1.72. The molecule has 0 bridgehead atoms. The molecule has 0 N–H and O–H groups in total. The van der Waals surface area contributed by atoms with E-state index >= 15 is 0 Å². The number of piperidine rings is 1. The molecule has 1 fully saturated rings. The van der Waals surface area contributed by atoms with Gasteiger partial charge in [0.2, 0.25) is 0 Å². The van der Waals surface area contributed by atoms with Crippen molar-refractivity contribution < 1.29 is 8.42 Å². The quantitative estimate of drug-likeness (QED) is 0.484. The van der Waals surface area contributed by atoms with Crippen molar-refractivity contribution in [3.63, 3.8) is 0 Å². The second kappa shape index (κ2) is 5.50. The second-order valence-electron chi connectivity index (χ2n) is 4.66. The lowest BCUT2D eigenvalue weighted by atomic mass is 10.1. The first-order valence-corrected chi connectivity index (χ1v) is 8.05. The van der Waals surface area contributed by atoms with Gasteiger partial charge in [0, 0.05) is 29.9 Å². The van der Waals surface area contributed by atoms with Crippen molar-refractivity contribution in [1.29, 1.82) is 0 Å². The lowest BCUT2D eigenvalue weighted by Crippen LogP contribution is -2.29. The molecule has 1 aliphatic rings. The second-order valence-corrected chi connectivity index (χ2v) is 6.65. The van der Waals surface area contributed by atoms with E-state index in [-0.39, 0.29) is 10.6 Å². The molecule has 2 rings (SSSR count). The third-order valence-electron chi connectivity index (χ3n) is 3.22. The minimum absolute atomic E-state index is 0.0751. The average Bonchev–Trinajstić information content (AvgIpc) is 2.39. The topological polar surface area (TPSA) is 86.1 Å². The summed E-state index contributed by atoms with van der Waals surface area (Å²) in [7, 11) is -3.39. The Labute approximate surface area is 112 Å². The number of hydrogen-bond acceptors (Lipinski definition) is 4. The minimum Gasteiger partial charge on any atom is -0.372 e. The zero-order valence-electron chi connectivity index (χ0n) is 10.8. The summed E-state index contributed by atoms with van der Waals surface area (Å²) < 4.78 is 23.2. The fourth-order valence-electron chi connectivity index (χ4n) is 2.29. The van der Waals surface area contributed by atoms with Crippen LogP contribution in [0.4, 0.5) is 11.4 Å². The van der Waals surface area contributed by atoms with Crippen molar-refractivity contribution in [3.8, 4) is 0 Å². The molecule has 0 radical (unpaired) electrons. The van der Waals surface area contributed by atoms with Gasteiger partial charge in [0.15, 0.2) is 9.84 Å². The SMILES string of the molecule is CS(=O)(=O)c1ccc(N2CCCCC2)cc1N=[N+]=[N-]. The summed E-state index contributed by atoms with van der Waals surface area (Å²) in [5.74, 6) is 0. The zero-order valence-corrected chi connectivity index (χ0v) is 11.6. The van der Waals surface area contributed by atoms with Gasteiger partial charge in [0.05, 0.1) is 10.6 Å². The summed E-state index contributed by atoms with van der Waals surface area (Å²) >= 11 is 0. The molecule has 1 saturated heterocycles. The van der Waals surface area contributed by atoms with Gasteiger partial charge in [0.25, 0.3) is 0 Å². The number of benzene rings is 1. The van der Waals surface area contributed by atoms with Gasteiger partial charge >= 0.3 is 0 Å². The van der Waals surface area contributed by atoms with E-state index in [9.17, 15) is 8.42 Å². The molecule has 19 heavy (non-hydrogen) atoms. The molecule has 1 heterocycles. The molecule has 1 aromatic rings. The highest BCUT2D eigenvalue weighted by Crippen LogP contribution is 2.31. The van der Waals surface area contributed by atoms with Crippen molar-refractivity contribution in [2.24, 2.45) is 5.11 Å². The first-order valence-electron chi connectivity index (χ1n) is 6.16. The fraction of sp³-hybridized carbons (Fsp3) is 0.500. The van der Waals surface area contributed by atoms with Crippen molar-refractivity contribution in [2.45, 2.75) is 24.2 Å². The monoisotopic (exact) mass is 280 g/mol. The van der Waals surface area contributed by atoms with Crippen LogP contribution in [0, 0.1) is 0 Å². The van der Waals surface area contributed by atoms with E-state index in [1.54, 1.807) is 12.1 Å². The summed E-state index contributed by atoms with van der Waals surface area (Å²) in [6.07, 6.45) is 4.59. The summed E-state index contributed by atoms with van der Waals surface area (Å²) in [4.78, 5) is 4.97. The number of anilines is 1. The molecule has 0 saturated carbocycles. The van der Waals surface area contributed by atoms with Gasteiger partial charge in [-0.3, -0.25) is 0 Å². The minimum atomic E-state index is -3.39. The zero-order chi connectivity index (χ0) is 13.9. The molecular formula is C12H16N4O2S. The molecule has 1 aromatic carbocycles. The summed E-state index contributed by atoms with van der Waals surface area (Å²) in [5, 5.41) is 3.50. The number of azide groups is 1. The van der Waals surface area contributed by atoms with Crippen LogP contribution in [0.15, 0.2) is 28.2 Å². The Balaban J connectivity index is 2.44. The lowest BCUT2D eigenvalue weighted by molar-refractivity contribution is 0.577. The average molecular weight is 280 g/mol. The molecule has 0 aliphatic carbocycles. The van der Waals surface area contributed by atoms with Gasteiger partial charge in [-0.25, -0.2) is 8.42 Å². The molecule has 7 heteroatoms. The van der Waals surface area contributed by atoms with E-state index in [4.69, 9.17) is 5.53 Å². The summed E-state index contributed by atoms with van der Waals surface area (Å²) in [5.41, 5.74) is 9.65. The van der Waals surface area contributed by atoms with Crippen LogP contribution in [0.1, 0.15) is 19.3 Å². The molecule has 0 aromatic heterocycles. The first-order chi connectivity index (χ1) is 9.02. The Bertz CT molecular complexity index is 615. The van der Waals surface area contributed by atoms with Crippen LogP contribution < -0.4 is 4.90 Å². The standard InChI is InChI=1S/C12H16N4O2S/c1-19(17,18)12-6-5-10(9-11(12)14-15-13)16-7-3-2-4-8-16/h5-6,9H,2-4,7-8H2,1H3. The van der Waals surface area contributed by atoms with E-state index in [0.29, 0.717) is 0 Å². The molecule has 0 atom stereocenters. The maximum atomic E-state index is 11.6. The Kier molecular flexibility index (Phi) is 3.97. The van der Waals surface area contributed by atoms with E-state index in [2.05, 4.69) is 14.9 Å². The van der Waals surface area contributed by atoms with Crippen LogP contribution in [-0.4, -0.2) is 27.8 Å². The van der Waals surface area contributed by atoms with E-state index in [1.807, 2.05) is 0 Å². The molecule has 0 unspecified atom stereocenters. The van der Waals surface area contributed by atoms with Crippen LogP contribution >= 0.6 is 0 Å². The van der Waals surface area contributed by atoms with Crippen LogP contribution in [0.25, 0.3) is 10.4 Å². The molecular weight excluding hydrogens is 264 g/mol. The van der Waals surface area contributed by atoms with Gasteiger partial charge in [-0.1, -0.05) is 5.11 Å². The van der Waals surface area contributed by atoms with Crippen molar-refractivity contribution in [2.75, 3.05) is 24.2 Å². The van der Waals surface area contributed by atoms with Gasteiger partial charge in [-0.15, -0.1) is 0 Å². The molecule has 0 spiro atoms. The lowest BCUT2D eigenvalue weighted by Gasteiger charge is -2.29. The molecule has 102 valence electrons. The Morgan fingerprint density at radius 2 is 1.95 bits per heavy atom. The maximum Gasteiger partial charge on any atom is 0.175 e. The third kappa shape index (κ3) is 3.19. The third-order valence-corrected chi connectivity index (χ3v) is 4.36. The smallest absolute Gasteiger partial charge is 0.175 e. The molecule has 0 amide bonds. The largest absolute Gasteiger partial charge is 0.372 e. The van der Waals surface area contributed by atoms with Gasteiger partial charge < -0.3 is 4.90 Å². The normalized spacial score (nSPS) is 15.9. The van der Waals surface area contributed by atoms with E-state index in [1.165, 1.54) is 12.5 Å². The fourth-order valence-corrected chi connectivity index (χ4v) is 3.09. The Morgan fingerprint density at radius 3 is 2.53 bits per heavy atom. The van der Waals surface area contributed by atoms with E-state index < -0.39 is 9.84 Å². The summed E-state index contributed by atoms with van der Waals surface area (Å²) in [6, 6.07) is 4.95. The Morgan fingerprint density at radius 1 is 1.26 bits per heavy atom. The highest BCUT2D eigenvalue weighted by molar-refractivity contribution is 7.90. The van der Waals surface area contributed by atoms with Crippen LogP contribution in [0.3, 0.4) is 0 Å². The maximum absolute atomic E-state index is 11.6. The molecule has 6 nitrogen and oxygen atoms in total. The van der Waals surface area contributed by atoms with Crippen molar-refractivity contribution in [3.05, 3.63) is 28.6 Å². The number of hydrogen-bond donors (Lipinski definition) is 0. The van der Waals surface area contributed by atoms with E-state index in [0.717, 1.165) is 37.9 Å². The van der Waals surface area contributed by atoms with Crippen LogP contribution in [0.2, 0.25) is 0 Å². The van der Waals surface area contributed by atoms with Gasteiger partial charge in [0.1, 0.15) is 0 Å².